The van der Waals surface area contributed by atoms with Gasteiger partial charge in [0.2, 0.25) is 0 Å². The smallest absolute Gasteiger partial charge is 0.293 e. The van der Waals surface area contributed by atoms with E-state index in [2.05, 4.69) is 16.8 Å². The van der Waals surface area contributed by atoms with E-state index >= 15 is 0 Å². The Morgan fingerprint density at radius 1 is 1.47 bits per heavy atom. The van der Waals surface area contributed by atoms with Crippen LogP contribution < -0.4 is 16.2 Å². The van der Waals surface area contributed by atoms with Gasteiger partial charge in [0.25, 0.3) is 5.56 Å². The molecule has 1 fully saturated rings. The minimum atomic E-state index is -0.0242. The highest BCUT2D eigenvalue weighted by molar-refractivity contribution is 5.36. The number of rotatable bonds is 2. The SMILES string of the molecule is Cn1ccnc(N2CCC(C)(CN)CC2)c1=O. The molecule has 1 aliphatic heterocycles. The van der Waals surface area contributed by atoms with E-state index in [1.807, 2.05) is 0 Å². The molecule has 2 N–H and O–H groups in total. The Balaban J connectivity index is 2.16. The van der Waals surface area contributed by atoms with Crippen LogP contribution in [0.4, 0.5) is 5.82 Å². The second kappa shape index (κ2) is 4.49. The van der Waals surface area contributed by atoms with Crippen LogP contribution in [0.1, 0.15) is 19.8 Å². The van der Waals surface area contributed by atoms with Gasteiger partial charge in [-0.1, -0.05) is 6.92 Å². The lowest BCUT2D eigenvalue weighted by Gasteiger charge is -2.38. The lowest BCUT2D eigenvalue weighted by Crippen LogP contribution is -2.44. The average Bonchev–Trinajstić information content (AvgIpc) is 2.34. The number of aryl methyl sites for hydroxylation is 1. The van der Waals surface area contributed by atoms with E-state index in [9.17, 15) is 4.79 Å². The van der Waals surface area contributed by atoms with Gasteiger partial charge in [0.05, 0.1) is 0 Å². The Morgan fingerprint density at radius 2 is 2.12 bits per heavy atom. The van der Waals surface area contributed by atoms with Crippen LogP contribution in [0.15, 0.2) is 17.2 Å². The molecule has 1 aliphatic rings. The minimum Gasteiger partial charge on any atom is -0.352 e. The van der Waals surface area contributed by atoms with E-state index in [4.69, 9.17) is 5.73 Å². The van der Waals surface area contributed by atoms with Crippen LogP contribution in [-0.4, -0.2) is 29.2 Å². The van der Waals surface area contributed by atoms with E-state index in [-0.39, 0.29) is 11.0 Å². The quantitative estimate of drug-likeness (QED) is 0.804. The van der Waals surface area contributed by atoms with Crippen LogP contribution in [0.25, 0.3) is 0 Å². The number of nitrogens with zero attached hydrogens (tertiary/aromatic N) is 3. The van der Waals surface area contributed by atoms with Gasteiger partial charge in [0.15, 0.2) is 5.82 Å². The van der Waals surface area contributed by atoms with Crippen molar-refractivity contribution in [1.29, 1.82) is 0 Å². The first-order chi connectivity index (χ1) is 8.06. The van der Waals surface area contributed by atoms with E-state index in [0.717, 1.165) is 25.9 Å². The molecule has 94 valence electrons. The van der Waals surface area contributed by atoms with Gasteiger partial charge in [0, 0.05) is 32.5 Å². The summed E-state index contributed by atoms with van der Waals surface area (Å²) >= 11 is 0. The molecule has 17 heavy (non-hydrogen) atoms. The summed E-state index contributed by atoms with van der Waals surface area (Å²) in [5, 5.41) is 0. The average molecular weight is 236 g/mol. The number of aromatic nitrogens is 2. The van der Waals surface area contributed by atoms with E-state index in [1.54, 1.807) is 24.0 Å². The van der Waals surface area contributed by atoms with Gasteiger partial charge in [0.1, 0.15) is 0 Å². The van der Waals surface area contributed by atoms with Crippen molar-refractivity contribution < 1.29 is 0 Å². The molecule has 2 heterocycles. The van der Waals surface area contributed by atoms with Crippen LogP contribution in [0.3, 0.4) is 0 Å². The summed E-state index contributed by atoms with van der Waals surface area (Å²) in [5.74, 6) is 0.564. The van der Waals surface area contributed by atoms with Crippen LogP contribution >= 0.6 is 0 Å². The van der Waals surface area contributed by atoms with Crippen molar-refractivity contribution in [3.8, 4) is 0 Å². The topological polar surface area (TPSA) is 64.2 Å². The summed E-state index contributed by atoms with van der Waals surface area (Å²) in [5.41, 5.74) is 5.97. The molecule has 0 aliphatic carbocycles. The molecular formula is C12H20N4O. The standard InChI is InChI=1S/C12H20N4O/c1-12(9-13)3-6-16(7-4-12)10-11(17)15(2)8-5-14-10/h5,8H,3-4,6-7,9,13H2,1-2H3. The van der Waals surface area contributed by atoms with Gasteiger partial charge in [-0.15, -0.1) is 0 Å². The van der Waals surface area contributed by atoms with Crippen molar-refractivity contribution in [3.05, 3.63) is 22.7 Å². The number of piperidine rings is 1. The Bertz CT molecular complexity index is 446. The zero-order valence-electron chi connectivity index (χ0n) is 10.5. The molecule has 0 amide bonds. The zero-order valence-corrected chi connectivity index (χ0v) is 10.5. The van der Waals surface area contributed by atoms with Crippen LogP contribution in [0.5, 0.6) is 0 Å². The molecule has 0 radical (unpaired) electrons. The molecular weight excluding hydrogens is 216 g/mol. The normalized spacial score (nSPS) is 19.4. The van der Waals surface area contributed by atoms with E-state index < -0.39 is 0 Å². The maximum Gasteiger partial charge on any atom is 0.293 e. The monoisotopic (exact) mass is 236 g/mol. The Kier molecular flexibility index (Phi) is 3.19. The number of nitrogens with two attached hydrogens (primary N) is 1. The third kappa shape index (κ3) is 2.34. The molecule has 0 aromatic carbocycles. The highest BCUT2D eigenvalue weighted by atomic mass is 16.1. The van der Waals surface area contributed by atoms with E-state index in [0.29, 0.717) is 12.4 Å². The highest BCUT2D eigenvalue weighted by Gasteiger charge is 2.29. The maximum absolute atomic E-state index is 11.9. The number of hydrogen-bond acceptors (Lipinski definition) is 4. The second-order valence-electron chi connectivity index (χ2n) is 5.17. The van der Waals surface area contributed by atoms with Crippen LogP contribution in [0.2, 0.25) is 0 Å². The molecule has 0 spiro atoms. The number of anilines is 1. The first kappa shape index (κ1) is 12.1. The van der Waals surface area contributed by atoms with Crippen LogP contribution in [0, 0.1) is 5.41 Å². The summed E-state index contributed by atoms with van der Waals surface area (Å²) in [7, 11) is 1.75. The molecule has 5 nitrogen and oxygen atoms in total. The van der Waals surface area contributed by atoms with Crippen molar-refractivity contribution >= 4 is 5.82 Å². The second-order valence-corrected chi connectivity index (χ2v) is 5.17. The van der Waals surface area contributed by atoms with Gasteiger partial charge in [-0.3, -0.25) is 4.79 Å². The predicted octanol–water partition coefficient (Wildman–Crippen LogP) is 0.345. The highest BCUT2D eigenvalue weighted by Crippen LogP contribution is 2.30. The third-order valence-corrected chi connectivity index (χ3v) is 3.76. The Labute approximate surface area is 101 Å². The lowest BCUT2D eigenvalue weighted by molar-refractivity contribution is 0.257. The predicted molar refractivity (Wildman–Crippen MR) is 68.1 cm³/mol. The van der Waals surface area contributed by atoms with Crippen molar-refractivity contribution in [3.63, 3.8) is 0 Å². The van der Waals surface area contributed by atoms with Crippen molar-refractivity contribution in [2.24, 2.45) is 18.2 Å². The fourth-order valence-electron chi connectivity index (χ4n) is 2.16. The molecule has 0 saturated carbocycles. The summed E-state index contributed by atoms with van der Waals surface area (Å²) < 4.78 is 1.57. The molecule has 1 aromatic heterocycles. The summed E-state index contributed by atoms with van der Waals surface area (Å²) in [6.07, 6.45) is 5.39. The molecule has 2 rings (SSSR count). The summed E-state index contributed by atoms with van der Waals surface area (Å²) in [6.45, 7) is 4.64. The zero-order chi connectivity index (χ0) is 12.5. The van der Waals surface area contributed by atoms with Crippen LogP contribution in [-0.2, 0) is 7.05 Å². The van der Waals surface area contributed by atoms with Gasteiger partial charge in [-0.05, 0) is 24.8 Å². The van der Waals surface area contributed by atoms with Gasteiger partial charge in [-0.25, -0.2) is 4.98 Å². The molecule has 5 heteroatoms. The first-order valence-electron chi connectivity index (χ1n) is 6.02. The lowest BCUT2D eigenvalue weighted by atomic mass is 9.80. The Morgan fingerprint density at radius 3 is 2.71 bits per heavy atom. The van der Waals surface area contributed by atoms with Gasteiger partial charge >= 0.3 is 0 Å². The summed E-state index contributed by atoms with van der Waals surface area (Å²) in [6, 6.07) is 0. The van der Waals surface area contributed by atoms with Crippen molar-refractivity contribution in [2.45, 2.75) is 19.8 Å². The van der Waals surface area contributed by atoms with E-state index in [1.165, 1.54) is 0 Å². The molecule has 0 bridgehead atoms. The minimum absolute atomic E-state index is 0.0242. The first-order valence-corrected chi connectivity index (χ1v) is 6.02. The van der Waals surface area contributed by atoms with Crippen molar-refractivity contribution in [2.75, 3.05) is 24.5 Å². The molecule has 0 unspecified atom stereocenters. The molecule has 1 saturated heterocycles. The fourth-order valence-corrected chi connectivity index (χ4v) is 2.16. The largest absolute Gasteiger partial charge is 0.352 e. The maximum atomic E-state index is 11.9. The summed E-state index contributed by atoms with van der Waals surface area (Å²) in [4.78, 5) is 18.2. The van der Waals surface area contributed by atoms with Gasteiger partial charge in [-0.2, -0.15) is 0 Å². The third-order valence-electron chi connectivity index (χ3n) is 3.76. The fraction of sp³-hybridized carbons (Fsp3) is 0.667. The molecule has 1 aromatic rings. The Hall–Kier alpha value is -1.36. The van der Waals surface area contributed by atoms with Crippen molar-refractivity contribution in [1.82, 2.24) is 9.55 Å². The van der Waals surface area contributed by atoms with Gasteiger partial charge < -0.3 is 15.2 Å². The number of hydrogen-bond donors (Lipinski definition) is 1. The molecule has 0 atom stereocenters.